The van der Waals surface area contributed by atoms with Crippen molar-refractivity contribution in [2.24, 2.45) is 0 Å². The van der Waals surface area contributed by atoms with Crippen LogP contribution in [0, 0.1) is 27.7 Å². The molecule has 0 bridgehead atoms. The minimum Gasteiger partial charge on any atom is -0.469 e. The Morgan fingerprint density at radius 3 is 2.40 bits per heavy atom. The van der Waals surface area contributed by atoms with Crippen molar-refractivity contribution >= 4 is 17.6 Å². The van der Waals surface area contributed by atoms with Crippen molar-refractivity contribution in [1.29, 1.82) is 0 Å². The maximum absolute atomic E-state index is 12.9. The maximum Gasteiger partial charge on any atom is 0.305 e. The number of benzene rings is 2. The number of carbonyl (C=O) groups is 2. The molecular formula is C25H27N7O3. The topological polar surface area (TPSA) is 117 Å². The highest BCUT2D eigenvalue weighted by Crippen LogP contribution is 2.22. The molecule has 0 spiro atoms. The summed E-state index contributed by atoms with van der Waals surface area (Å²) in [7, 11) is 1.39. The Balaban J connectivity index is 1.51. The zero-order valence-corrected chi connectivity index (χ0v) is 20.4. The summed E-state index contributed by atoms with van der Waals surface area (Å²) in [6, 6.07) is 12.8. The number of anilines is 1. The molecule has 4 rings (SSSR count). The van der Waals surface area contributed by atoms with Gasteiger partial charge in [0.15, 0.2) is 5.82 Å². The van der Waals surface area contributed by atoms with Crippen molar-refractivity contribution in [1.82, 2.24) is 30.0 Å². The lowest BCUT2D eigenvalue weighted by atomic mass is 10.1. The van der Waals surface area contributed by atoms with Gasteiger partial charge in [0, 0.05) is 23.4 Å². The van der Waals surface area contributed by atoms with E-state index in [1.807, 2.05) is 62.7 Å². The van der Waals surface area contributed by atoms with E-state index in [0.717, 1.165) is 33.9 Å². The number of aromatic nitrogens is 6. The molecule has 0 atom stereocenters. The van der Waals surface area contributed by atoms with Crippen LogP contribution in [0.1, 0.15) is 45.1 Å². The average Bonchev–Trinajstić information content (AvgIpc) is 3.40. The molecule has 2 aromatic carbocycles. The number of hydrogen-bond donors (Lipinski definition) is 1. The molecule has 10 nitrogen and oxygen atoms in total. The number of hydrogen-bond acceptors (Lipinski definition) is 7. The van der Waals surface area contributed by atoms with Gasteiger partial charge in [-0.25, -0.2) is 4.68 Å². The van der Waals surface area contributed by atoms with E-state index in [4.69, 9.17) is 4.74 Å². The minimum atomic E-state index is -0.249. The number of carbonyl (C=O) groups excluding carboxylic acids is 2. The minimum absolute atomic E-state index is 0.230. The SMILES string of the molecule is COC(=O)CCc1c(C)nn(-c2ccc(C(=O)Nc3ccc(C)c(-n4nnnc4C)c3)cc2)c1C. The van der Waals surface area contributed by atoms with Crippen LogP contribution in [0.4, 0.5) is 5.69 Å². The first kappa shape index (κ1) is 23.8. The first-order chi connectivity index (χ1) is 16.8. The number of aryl methyl sites for hydroxylation is 3. The van der Waals surface area contributed by atoms with Gasteiger partial charge in [-0.2, -0.15) is 9.78 Å². The normalized spacial score (nSPS) is 10.9. The summed E-state index contributed by atoms with van der Waals surface area (Å²) < 4.78 is 8.20. The predicted octanol–water partition coefficient (Wildman–Crippen LogP) is 3.44. The van der Waals surface area contributed by atoms with Gasteiger partial charge in [-0.05, 0) is 92.1 Å². The highest BCUT2D eigenvalue weighted by atomic mass is 16.5. The van der Waals surface area contributed by atoms with Crippen LogP contribution in [0.15, 0.2) is 42.5 Å². The van der Waals surface area contributed by atoms with Crippen molar-refractivity contribution in [3.63, 3.8) is 0 Å². The first-order valence-electron chi connectivity index (χ1n) is 11.2. The van der Waals surface area contributed by atoms with Gasteiger partial charge in [0.2, 0.25) is 0 Å². The third-order valence-corrected chi connectivity index (χ3v) is 5.94. The molecule has 0 aliphatic rings. The van der Waals surface area contributed by atoms with Crippen LogP contribution in [0.5, 0.6) is 0 Å². The molecule has 2 aromatic heterocycles. The van der Waals surface area contributed by atoms with Crippen LogP contribution in [-0.4, -0.2) is 49.0 Å². The summed E-state index contributed by atoms with van der Waals surface area (Å²) in [5.74, 6) is 0.178. The Morgan fingerprint density at radius 2 is 1.74 bits per heavy atom. The van der Waals surface area contributed by atoms with Gasteiger partial charge in [-0.15, -0.1) is 5.10 Å². The number of amides is 1. The molecule has 0 aliphatic carbocycles. The number of esters is 1. The molecule has 2 heterocycles. The predicted molar refractivity (Wildman–Crippen MR) is 130 cm³/mol. The summed E-state index contributed by atoms with van der Waals surface area (Å²) in [5.41, 5.74) is 6.61. The smallest absolute Gasteiger partial charge is 0.305 e. The van der Waals surface area contributed by atoms with E-state index in [1.54, 1.807) is 16.8 Å². The van der Waals surface area contributed by atoms with E-state index in [1.165, 1.54) is 7.11 Å². The Morgan fingerprint density at radius 1 is 1.00 bits per heavy atom. The third kappa shape index (κ3) is 4.96. The lowest BCUT2D eigenvalue weighted by Crippen LogP contribution is -2.13. The number of tetrazole rings is 1. The van der Waals surface area contributed by atoms with E-state index in [9.17, 15) is 9.59 Å². The van der Waals surface area contributed by atoms with E-state index >= 15 is 0 Å². The Kier molecular flexibility index (Phi) is 6.72. The molecule has 0 radical (unpaired) electrons. The quantitative estimate of drug-likeness (QED) is 0.409. The van der Waals surface area contributed by atoms with E-state index in [2.05, 4.69) is 25.9 Å². The number of ether oxygens (including phenoxy) is 1. The third-order valence-electron chi connectivity index (χ3n) is 5.94. The van der Waals surface area contributed by atoms with Crippen LogP contribution >= 0.6 is 0 Å². The first-order valence-corrected chi connectivity index (χ1v) is 11.2. The van der Waals surface area contributed by atoms with Crippen LogP contribution in [0.2, 0.25) is 0 Å². The molecule has 180 valence electrons. The fourth-order valence-electron chi connectivity index (χ4n) is 3.94. The van der Waals surface area contributed by atoms with E-state index < -0.39 is 0 Å². The van der Waals surface area contributed by atoms with Gasteiger partial charge < -0.3 is 10.1 Å². The van der Waals surface area contributed by atoms with Gasteiger partial charge in [0.05, 0.1) is 24.2 Å². The van der Waals surface area contributed by atoms with Crippen LogP contribution in [0.3, 0.4) is 0 Å². The number of rotatable bonds is 7. The van der Waals surface area contributed by atoms with Crippen molar-refractivity contribution in [3.05, 3.63) is 76.4 Å². The zero-order chi connectivity index (χ0) is 25.1. The Bertz CT molecular complexity index is 1390. The molecule has 0 unspecified atom stereocenters. The summed E-state index contributed by atoms with van der Waals surface area (Å²) in [6.07, 6.45) is 0.865. The second-order valence-electron chi connectivity index (χ2n) is 8.28. The summed E-state index contributed by atoms with van der Waals surface area (Å²) in [6.45, 7) is 7.66. The molecule has 0 fully saturated rings. The molecule has 0 aliphatic heterocycles. The standard InChI is InChI=1S/C25H27N7O3/c1-15-6-9-20(14-23(15)32-18(4)27-29-30-32)26-25(34)19-7-10-21(11-8-19)31-17(3)22(16(2)28-31)12-13-24(33)35-5/h6-11,14H,12-13H2,1-5H3,(H,26,34). The zero-order valence-electron chi connectivity index (χ0n) is 20.4. The highest BCUT2D eigenvalue weighted by Gasteiger charge is 2.15. The largest absolute Gasteiger partial charge is 0.469 e. The van der Waals surface area contributed by atoms with E-state index in [0.29, 0.717) is 29.9 Å². The van der Waals surface area contributed by atoms with Gasteiger partial charge in [0.1, 0.15) is 0 Å². The van der Waals surface area contributed by atoms with Crippen LogP contribution in [0.25, 0.3) is 11.4 Å². The lowest BCUT2D eigenvalue weighted by Gasteiger charge is -2.11. The van der Waals surface area contributed by atoms with Crippen molar-refractivity contribution in [2.45, 2.75) is 40.5 Å². The van der Waals surface area contributed by atoms with Crippen LogP contribution < -0.4 is 5.32 Å². The summed E-state index contributed by atoms with van der Waals surface area (Å²) in [4.78, 5) is 24.4. The fourth-order valence-corrected chi connectivity index (χ4v) is 3.94. The average molecular weight is 474 g/mol. The number of nitrogens with one attached hydrogen (secondary N) is 1. The molecule has 0 saturated carbocycles. The monoisotopic (exact) mass is 473 g/mol. The van der Waals surface area contributed by atoms with Gasteiger partial charge >= 0.3 is 5.97 Å². The lowest BCUT2D eigenvalue weighted by molar-refractivity contribution is -0.140. The second-order valence-corrected chi connectivity index (χ2v) is 8.28. The van der Waals surface area contributed by atoms with Crippen LogP contribution in [-0.2, 0) is 16.0 Å². The molecule has 1 N–H and O–H groups in total. The molecular weight excluding hydrogens is 446 g/mol. The molecule has 35 heavy (non-hydrogen) atoms. The fraction of sp³-hybridized carbons (Fsp3) is 0.280. The van der Waals surface area contributed by atoms with Crippen molar-refractivity contribution < 1.29 is 14.3 Å². The van der Waals surface area contributed by atoms with E-state index in [-0.39, 0.29) is 11.9 Å². The van der Waals surface area contributed by atoms with Crippen molar-refractivity contribution in [2.75, 3.05) is 12.4 Å². The summed E-state index contributed by atoms with van der Waals surface area (Å²) in [5, 5.41) is 19.2. The maximum atomic E-state index is 12.9. The van der Waals surface area contributed by atoms with Gasteiger partial charge in [-0.1, -0.05) is 6.07 Å². The van der Waals surface area contributed by atoms with Gasteiger partial charge in [-0.3, -0.25) is 9.59 Å². The van der Waals surface area contributed by atoms with Crippen molar-refractivity contribution in [3.8, 4) is 11.4 Å². The molecule has 0 saturated heterocycles. The number of methoxy groups -OCH3 is 1. The highest BCUT2D eigenvalue weighted by molar-refractivity contribution is 6.04. The van der Waals surface area contributed by atoms with Gasteiger partial charge in [0.25, 0.3) is 5.91 Å². The Hall–Kier alpha value is -4.34. The molecule has 1 amide bonds. The Labute approximate surface area is 202 Å². The molecule has 4 aromatic rings. The second kappa shape index (κ2) is 9.88. The number of nitrogens with zero attached hydrogens (tertiary/aromatic N) is 6. The molecule has 10 heteroatoms. The summed E-state index contributed by atoms with van der Waals surface area (Å²) >= 11 is 0.